The van der Waals surface area contributed by atoms with E-state index in [4.69, 9.17) is 11.6 Å². The van der Waals surface area contributed by atoms with E-state index >= 15 is 0 Å². The maximum absolute atomic E-state index is 12.0. The molecule has 2 aliphatic carbocycles. The van der Waals surface area contributed by atoms with E-state index in [1.165, 1.54) is 19.3 Å². The van der Waals surface area contributed by atoms with Crippen molar-refractivity contribution in [3.63, 3.8) is 0 Å². The third-order valence-corrected chi connectivity index (χ3v) is 4.42. The van der Waals surface area contributed by atoms with Crippen LogP contribution in [0.3, 0.4) is 0 Å². The van der Waals surface area contributed by atoms with E-state index in [-0.39, 0.29) is 0 Å². The second kappa shape index (κ2) is 5.90. The average molecular weight is 244 g/mol. The molecule has 2 nitrogen and oxygen atoms in total. The van der Waals surface area contributed by atoms with Crippen molar-refractivity contribution in [2.45, 2.75) is 69.2 Å². The van der Waals surface area contributed by atoms with E-state index in [0.29, 0.717) is 23.2 Å². The summed E-state index contributed by atoms with van der Waals surface area (Å²) >= 11 is 6.05. The minimum Gasteiger partial charge on any atom is -0.353 e. The molecule has 0 aromatic carbocycles. The Morgan fingerprint density at radius 1 is 0.938 bits per heavy atom. The van der Waals surface area contributed by atoms with Gasteiger partial charge in [-0.1, -0.05) is 19.3 Å². The van der Waals surface area contributed by atoms with Crippen LogP contribution in [0.25, 0.3) is 0 Å². The van der Waals surface area contributed by atoms with E-state index in [9.17, 15) is 4.79 Å². The summed E-state index contributed by atoms with van der Waals surface area (Å²) in [6, 6.07) is 0.393. The largest absolute Gasteiger partial charge is 0.353 e. The van der Waals surface area contributed by atoms with Crippen LogP contribution < -0.4 is 5.32 Å². The molecular formula is C13H22ClNO. The van der Waals surface area contributed by atoms with Gasteiger partial charge in [0.15, 0.2) is 0 Å². The molecule has 0 aliphatic heterocycles. The zero-order valence-corrected chi connectivity index (χ0v) is 10.6. The Kier molecular flexibility index (Phi) is 4.51. The normalized spacial score (nSPS) is 32.3. The number of nitrogens with one attached hydrogen (secondary N) is 1. The number of alkyl halides is 1. The fourth-order valence-corrected chi connectivity index (χ4v) is 3.13. The summed E-state index contributed by atoms with van der Waals surface area (Å²) in [7, 11) is 0. The predicted molar refractivity (Wildman–Crippen MR) is 66.6 cm³/mol. The average Bonchev–Trinajstić information content (AvgIpc) is 2.33. The first-order valence-electron chi connectivity index (χ1n) is 6.70. The number of carbonyl (C=O) groups excluding carboxylic acids is 1. The Morgan fingerprint density at radius 3 is 2.19 bits per heavy atom. The van der Waals surface area contributed by atoms with Crippen molar-refractivity contribution in [1.82, 2.24) is 5.32 Å². The van der Waals surface area contributed by atoms with E-state index in [1.807, 2.05) is 0 Å². The Labute approximate surface area is 103 Å². The fraction of sp³-hybridized carbons (Fsp3) is 0.923. The second-order valence-electron chi connectivity index (χ2n) is 5.29. The Hall–Kier alpha value is -0.240. The first-order chi connectivity index (χ1) is 7.75. The zero-order chi connectivity index (χ0) is 11.4. The van der Waals surface area contributed by atoms with Gasteiger partial charge >= 0.3 is 0 Å². The third-order valence-electron chi connectivity index (χ3n) is 3.98. The predicted octanol–water partition coefficient (Wildman–Crippen LogP) is 3.23. The number of amides is 1. The quantitative estimate of drug-likeness (QED) is 0.742. The number of rotatable bonds is 2. The van der Waals surface area contributed by atoms with Crippen LogP contribution in [0.15, 0.2) is 0 Å². The van der Waals surface area contributed by atoms with Gasteiger partial charge in [0, 0.05) is 17.3 Å². The molecule has 0 saturated heterocycles. The molecule has 0 aromatic heterocycles. The second-order valence-corrected chi connectivity index (χ2v) is 5.91. The zero-order valence-electron chi connectivity index (χ0n) is 9.88. The molecule has 0 radical (unpaired) electrons. The van der Waals surface area contributed by atoms with Crippen molar-refractivity contribution < 1.29 is 4.79 Å². The van der Waals surface area contributed by atoms with Crippen LogP contribution >= 0.6 is 11.6 Å². The highest BCUT2D eigenvalue weighted by Gasteiger charge is 2.25. The number of hydrogen-bond donors (Lipinski definition) is 1. The lowest BCUT2D eigenvalue weighted by atomic mass is 9.87. The molecule has 0 unspecified atom stereocenters. The molecule has 0 aromatic rings. The lowest BCUT2D eigenvalue weighted by molar-refractivity contribution is -0.126. The molecule has 92 valence electrons. The van der Waals surface area contributed by atoms with Crippen LogP contribution in [0, 0.1) is 5.92 Å². The number of hydrogen-bond acceptors (Lipinski definition) is 1. The minimum atomic E-state index is 0.294. The Bertz CT molecular complexity index is 230. The molecule has 2 aliphatic rings. The van der Waals surface area contributed by atoms with E-state index in [1.54, 1.807) is 0 Å². The molecule has 1 amide bonds. The summed E-state index contributed by atoms with van der Waals surface area (Å²) in [6.45, 7) is 0. The van der Waals surface area contributed by atoms with E-state index < -0.39 is 0 Å². The van der Waals surface area contributed by atoms with Crippen molar-refractivity contribution in [1.29, 1.82) is 0 Å². The van der Waals surface area contributed by atoms with Crippen LogP contribution in [0.4, 0.5) is 0 Å². The highest BCUT2D eigenvalue weighted by Crippen LogP contribution is 2.26. The van der Waals surface area contributed by atoms with Gasteiger partial charge in [-0.05, 0) is 38.5 Å². The molecular weight excluding hydrogens is 222 g/mol. The minimum absolute atomic E-state index is 0.294. The van der Waals surface area contributed by atoms with Crippen LogP contribution in [0.5, 0.6) is 0 Å². The molecule has 2 saturated carbocycles. The first-order valence-corrected chi connectivity index (χ1v) is 7.14. The molecule has 0 heterocycles. The molecule has 0 spiro atoms. The van der Waals surface area contributed by atoms with Gasteiger partial charge in [-0.3, -0.25) is 4.79 Å². The topological polar surface area (TPSA) is 29.1 Å². The van der Waals surface area contributed by atoms with Crippen LogP contribution in [-0.4, -0.2) is 17.3 Å². The summed E-state index contributed by atoms with van der Waals surface area (Å²) in [5, 5.41) is 3.55. The van der Waals surface area contributed by atoms with Crippen LogP contribution in [0.1, 0.15) is 57.8 Å². The van der Waals surface area contributed by atoms with Crippen molar-refractivity contribution in [2.24, 2.45) is 5.92 Å². The van der Waals surface area contributed by atoms with Gasteiger partial charge in [0.1, 0.15) is 0 Å². The highest BCUT2D eigenvalue weighted by atomic mass is 35.5. The summed E-state index contributed by atoms with van der Waals surface area (Å²) in [5.41, 5.74) is 0. The molecule has 2 rings (SSSR count). The molecule has 0 atom stereocenters. The molecule has 16 heavy (non-hydrogen) atoms. The summed E-state index contributed by atoms with van der Waals surface area (Å²) in [5.74, 6) is 0.597. The van der Waals surface area contributed by atoms with Gasteiger partial charge in [0.05, 0.1) is 0 Å². The van der Waals surface area contributed by atoms with Gasteiger partial charge < -0.3 is 5.32 Å². The molecule has 3 heteroatoms. The van der Waals surface area contributed by atoms with Crippen molar-refractivity contribution >= 4 is 17.5 Å². The van der Waals surface area contributed by atoms with Crippen LogP contribution in [-0.2, 0) is 4.79 Å². The van der Waals surface area contributed by atoms with E-state index in [0.717, 1.165) is 38.5 Å². The standard InChI is InChI=1S/C13H22ClNO/c14-11-6-8-12(9-7-11)15-13(16)10-4-2-1-3-5-10/h10-12H,1-9H2,(H,15,16). The SMILES string of the molecule is O=C(NC1CCC(Cl)CC1)C1CCCCC1. The van der Waals surface area contributed by atoms with Gasteiger partial charge in [-0.2, -0.15) is 0 Å². The van der Waals surface area contributed by atoms with Crippen molar-refractivity contribution in [3.05, 3.63) is 0 Å². The summed E-state index contributed by atoms with van der Waals surface area (Å²) < 4.78 is 0. The fourth-order valence-electron chi connectivity index (χ4n) is 2.88. The summed E-state index contributed by atoms with van der Waals surface area (Å²) in [4.78, 5) is 12.0. The maximum Gasteiger partial charge on any atom is 0.223 e. The number of halogens is 1. The third kappa shape index (κ3) is 3.38. The van der Waals surface area contributed by atoms with E-state index in [2.05, 4.69) is 5.32 Å². The van der Waals surface area contributed by atoms with Crippen molar-refractivity contribution in [3.8, 4) is 0 Å². The Balaban J connectivity index is 1.73. The van der Waals surface area contributed by atoms with Gasteiger partial charge in [0.2, 0.25) is 5.91 Å². The maximum atomic E-state index is 12.0. The van der Waals surface area contributed by atoms with Gasteiger partial charge in [0.25, 0.3) is 0 Å². The van der Waals surface area contributed by atoms with Gasteiger partial charge in [-0.15, -0.1) is 11.6 Å². The lowest BCUT2D eigenvalue weighted by Crippen LogP contribution is -2.41. The highest BCUT2D eigenvalue weighted by molar-refractivity contribution is 6.20. The molecule has 0 bridgehead atoms. The van der Waals surface area contributed by atoms with Crippen molar-refractivity contribution in [2.75, 3.05) is 0 Å². The summed E-state index contributed by atoms with van der Waals surface area (Å²) in [6.07, 6.45) is 10.2. The first kappa shape index (κ1) is 12.2. The molecule has 1 N–H and O–H groups in total. The lowest BCUT2D eigenvalue weighted by Gasteiger charge is -2.28. The number of carbonyl (C=O) groups is 1. The Morgan fingerprint density at radius 2 is 1.56 bits per heavy atom. The van der Waals surface area contributed by atoms with Crippen LogP contribution in [0.2, 0.25) is 0 Å². The monoisotopic (exact) mass is 243 g/mol. The smallest absolute Gasteiger partial charge is 0.223 e. The van der Waals surface area contributed by atoms with Gasteiger partial charge in [-0.25, -0.2) is 0 Å². The molecule has 2 fully saturated rings.